The first-order valence-corrected chi connectivity index (χ1v) is 14.7. The maximum absolute atomic E-state index is 13.1. The van der Waals surface area contributed by atoms with Gasteiger partial charge in [0.05, 0.1) is 12.5 Å². The number of ketones is 1. The van der Waals surface area contributed by atoms with Crippen LogP contribution in [0.1, 0.15) is 56.2 Å². The summed E-state index contributed by atoms with van der Waals surface area (Å²) in [5.41, 5.74) is 3.10. The van der Waals surface area contributed by atoms with Crippen molar-refractivity contribution in [3.8, 4) is 5.75 Å². The monoisotopic (exact) mass is 554 g/mol. The fourth-order valence-corrected chi connectivity index (χ4v) is 5.27. The molecule has 0 aromatic heterocycles. The second kappa shape index (κ2) is 15.2. The summed E-state index contributed by atoms with van der Waals surface area (Å²) < 4.78 is 5.89. The number of benzene rings is 3. The quantitative estimate of drug-likeness (QED) is 0.291. The van der Waals surface area contributed by atoms with E-state index in [0.717, 1.165) is 35.3 Å². The number of nitrogens with zero attached hydrogens (tertiary/aromatic N) is 1. The highest BCUT2D eigenvalue weighted by atomic mass is 16.5. The zero-order valence-electron chi connectivity index (χ0n) is 24.3. The summed E-state index contributed by atoms with van der Waals surface area (Å²) in [6.45, 7) is 5.85. The Morgan fingerprint density at radius 1 is 0.829 bits per heavy atom. The van der Waals surface area contributed by atoms with E-state index in [2.05, 4.69) is 5.32 Å². The van der Waals surface area contributed by atoms with Crippen LogP contribution < -0.4 is 10.1 Å². The van der Waals surface area contributed by atoms with Gasteiger partial charge in [-0.25, -0.2) is 0 Å². The van der Waals surface area contributed by atoms with E-state index in [4.69, 9.17) is 4.74 Å². The van der Waals surface area contributed by atoms with E-state index >= 15 is 0 Å². The molecule has 0 radical (unpaired) electrons. The Labute approximate surface area is 244 Å². The Balaban J connectivity index is 1.27. The van der Waals surface area contributed by atoms with Crippen LogP contribution in [-0.4, -0.2) is 41.6 Å². The first kappa shape index (κ1) is 30.0. The summed E-state index contributed by atoms with van der Waals surface area (Å²) >= 11 is 0. The number of hydrogen-bond acceptors (Lipinski definition) is 4. The topological polar surface area (TPSA) is 75.7 Å². The van der Waals surface area contributed by atoms with Crippen molar-refractivity contribution in [1.82, 2.24) is 10.2 Å². The van der Waals surface area contributed by atoms with Gasteiger partial charge >= 0.3 is 0 Å². The molecule has 0 bridgehead atoms. The highest BCUT2D eigenvalue weighted by Crippen LogP contribution is 2.22. The number of nitrogens with one attached hydrogen (secondary N) is 1. The molecule has 1 N–H and O–H groups in total. The van der Waals surface area contributed by atoms with Crippen LogP contribution in [0.25, 0.3) is 0 Å². The molecule has 4 rings (SSSR count). The Hall–Kier alpha value is -3.93. The lowest BCUT2D eigenvalue weighted by Crippen LogP contribution is -2.44. The third-order valence-corrected chi connectivity index (χ3v) is 7.58. The first-order valence-electron chi connectivity index (χ1n) is 14.7. The van der Waals surface area contributed by atoms with Gasteiger partial charge in [-0.2, -0.15) is 0 Å². The van der Waals surface area contributed by atoms with E-state index in [1.165, 1.54) is 0 Å². The van der Waals surface area contributed by atoms with Crippen molar-refractivity contribution in [3.63, 3.8) is 0 Å². The molecule has 0 aliphatic carbocycles. The van der Waals surface area contributed by atoms with Crippen molar-refractivity contribution in [3.05, 3.63) is 102 Å². The number of carbonyl (C=O) groups is 3. The third kappa shape index (κ3) is 9.89. The van der Waals surface area contributed by atoms with Gasteiger partial charge in [-0.3, -0.25) is 14.4 Å². The van der Waals surface area contributed by atoms with Gasteiger partial charge in [0.2, 0.25) is 11.8 Å². The first-order chi connectivity index (χ1) is 19.9. The van der Waals surface area contributed by atoms with Crippen LogP contribution in [0.15, 0.2) is 84.9 Å². The van der Waals surface area contributed by atoms with Crippen LogP contribution in [0, 0.1) is 11.8 Å². The number of amides is 2. The minimum Gasteiger partial charge on any atom is -0.489 e. The SMILES string of the molecule is CC(C)CC(=O)[C@H](Cc1ccc(OCc2ccccc2)cc1)NC(=O)CC1CCN(C(=O)Cc2ccccc2)CC1. The van der Waals surface area contributed by atoms with Crippen molar-refractivity contribution < 1.29 is 19.1 Å². The highest BCUT2D eigenvalue weighted by molar-refractivity contribution is 5.89. The number of rotatable bonds is 13. The maximum Gasteiger partial charge on any atom is 0.226 e. The molecule has 1 atom stereocenters. The van der Waals surface area contributed by atoms with Gasteiger partial charge in [0.25, 0.3) is 0 Å². The number of ether oxygens (including phenoxy) is 1. The van der Waals surface area contributed by atoms with E-state index in [1.54, 1.807) is 0 Å². The van der Waals surface area contributed by atoms with Crippen LogP contribution in [0.2, 0.25) is 0 Å². The molecule has 6 nitrogen and oxygen atoms in total. The zero-order valence-corrected chi connectivity index (χ0v) is 24.3. The van der Waals surface area contributed by atoms with Crippen LogP contribution >= 0.6 is 0 Å². The molecular formula is C35H42N2O4. The smallest absolute Gasteiger partial charge is 0.226 e. The van der Waals surface area contributed by atoms with E-state index < -0.39 is 6.04 Å². The molecular weight excluding hydrogens is 512 g/mol. The van der Waals surface area contributed by atoms with E-state index in [9.17, 15) is 14.4 Å². The number of Topliss-reactive ketones (excluding diaryl/α,β-unsaturated/α-hetero) is 1. The summed E-state index contributed by atoms with van der Waals surface area (Å²) in [6, 6.07) is 27.0. The number of hydrogen-bond donors (Lipinski definition) is 1. The number of piperidine rings is 1. The minimum atomic E-state index is -0.562. The summed E-state index contributed by atoms with van der Waals surface area (Å²) in [5.74, 6) is 1.28. The third-order valence-electron chi connectivity index (χ3n) is 7.58. The highest BCUT2D eigenvalue weighted by Gasteiger charge is 2.27. The average Bonchev–Trinajstić information content (AvgIpc) is 2.97. The van der Waals surface area contributed by atoms with E-state index in [1.807, 2.05) is 104 Å². The van der Waals surface area contributed by atoms with Gasteiger partial charge < -0.3 is 15.0 Å². The van der Waals surface area contributed by atoms with Gasteiger partial charge in [-0.1, -0.05) is 86.6 Å². The molecule has 0 spiro atoms. The minimum absolute atomic E-state index is 0.0547. The molecule has 2 amide bonds. The van der Waals surface area contributed by atoms with Crippen molar-refractivity contribution in [2.24, 2.45) is 11.8 Å². The molecule has 6 heteroatoms. The van der Waals surface area contributed by atoms with Gasteiger partial charge in [0.1, 0.15) is 12.4 Å². The molecule has 3 aromatic carbocycles. The standard InChI is InChI=1S/C35H42N2O4/c1-26(2)21-33(38)32(22-28-13-15-31(16-14-28)41-25-30-11-7-4-8-12-30)36-34(39)23-29-17-19-37(20-18-29)35(40)24-27-9-5-3-6-10-27/h3-16,26,29,32H,17-25H2,1-2H3,(H,36,39)/t32-/m0/s1. The predicted octanol–water partition coefficient (Wildman–Crippen LogP) is 5.78. The normalized spacial score (nSPS) is 14.5. The van der Waals surface area contributed by atoms with E-state index in [-0.39, 0.29) is 29.4 Å². The van der Waals surface area contributed by atoms with E-state index in [0.29, 0.717) is 45.4 Å². The zero-order chi connectivity index (χ0) is 29.0. The molecule has 0 unspecified atom stereocenters. The Morgan fingerprint density at radius 2 is 1.44 bits per heavy atom. The van der Waals surface area contributed by atoms with Crippen LogP contribution in [0.4, 0.5) is 0 Å². The molecule has 1 aliphatic heterocycles. The summed E-state index contributed by atoms with van der Waals surface area (Å²) in [5, 5.41) is 3.05. The molecule has 3 aromatic rings. The molecule has 216 valence electrons. The number of likely N-dealkylation sites (tertiary alicyclic amines) is 1. The molecule has 0 saturated carbocycles. The van der Waals surface area contributed by atoms with Crippen molar-refractivity contribution in [1.29, 1.82) is 0 Å². The molecule has 41 heavy (non-hydrogen) atoms. The van der Waals surface area contributed by atoms with Gasteiger partial charge in [-0.15, -0.1) is 0 Å². The average molecular weight is 555 g/mol. The molecule has 1 aliphatic rings. The van der Waals surface area contributed by atoms with Crippen LogP contribution in [-0.2, 0) is 33.8 Å². The Kier molecular flexibility index (Phi) is 11.1. The largest absolute Gasteiger partial charge is 0.489 e. The van der Waals surface area contributed by atoms with Crippen LogP contribution in [0.5, 0.6) is 5.75 Å². The molecule has 1 saturated heterocycles. The fraction of sp³-hybridized carbons (Fsp3) is 0.400. The number of carbonyl (C=O) groups excluding carboxylic acids is 3. The second-order valence-electron chi connectivity index (χ2n) is 11.5. The Bertz CT molecular complexity index is 1250. The maximum atomic E-state index is 13.1. The Morgan fingerprint density at radius 3 is 2.05 bits per heavy atom. The second-order valence-corrected chi connectivity index (χ2v) is 11.5. The van der Waals surface area contributed by atoms with Gasteiger partial charge in [0.15, 0.2) is 5.78 Å². The van der Waals surface area contributed by atoms with Crippen molar-refractivity contribution in [2.75, 3.05) is 13.1 Å². The lowest BCUT2D eigenvalue weighted by atomic mass is 9.92. The predicted molar refractivity (Wildman–Crippen MR) is 161 cm³/mol. The molecule has 1 heterocycles. The summed E-state index contributed by atoms with van der Waals surface area (Å²) in [6.07, 6.45) is 3.24. The molecule has 1 fully saturated rings. The van der Waals surface area contributed by atoms with Gasteiger partial charge in [-0.05, 0) is 59.9 Å². The lowest BCUT2D eigenvalue weighted by molar-refractivity contribution is -0.132. The van der Waals surface area contributed by atoms with Crippen molar-refractivity contribution >= 4 is 17.6 Å². The van der Waals surface area contributed by atoms with Gasteiger partial charge in [0, 0.05) is 25.9 Å². The lowest BCUT2D eigenvalue weighted by Gasteiger charge is -2.32. The fourth-order valence-electron chi connectivity index (χ4n) is 5.27. The van der Waals surface area contributed by atoms with Crippen LogP contribution in [0.3, 0.4) is 0 Å². The summed E-state index contributed by atoms with van der Waals surface area (Å²) in [4.78, 5) is 40.8. The summed E-state index contributed by atoms with van der Waals surface area (Å²) in [7, 11) is 0. The van der Waals surface area contributed by atoms with Crippen molar-refractivity contribution in [2.45, 2.75) is 65.0 Å².